The van der Waals surface area contributed by atoms with Crippen LogP contribution in [0.2, 0.25) is 0 Å². The number of aliphatic hydroxyl groups excluding tert-OH is 2. The van der Waals surface area contributed by atoms with Gasteiger partial charge in [-0.3, -0.25) is 0 Å². The van der Waals surface area contributed by atoms with Crippen LogP contribution in [-0.4, -0.2) is 56.7 Å². The summed E-state index contributed by atoms with van der Waals surface area (Å²) in [5.74, 6) is 0. The fourth-order valence-electron chi connectivity index (χ4n) is 3.68. The Labute approximate surface area is 229 Å². The summed E-state index contributed by atoms with van der Waals surface area (Å²) in [5, 5.41) is 18.1. The number of benzene rings is 2. The normalized spacial score (nSPS) is 19.0. The number of hydrogen-bond donors (Lipinski definition) is 2. The number of β-amino-alcohol motifs (C(OH)–C–C–N with tert-alkyl or cyclic N) is 1. The SMILES string of the molecule is Cc1cc(Br)cc(S(=O)(=O)Cl)c1.Cc1cc(Br)cc(S(=O)(=O)N2CC[C@@H](O)C2)c1.OC1CCCC1. The zero-order chi connectivity index (χ0) is 26.4. The monoisotopic (exact) mass is 673 g/mol. The molecule has 35 heavy (non-hydrogen) atoms. The van der Waals surface area contributed by atoms with Crippen molar-refractivity contribution in [3.05, 3.63) is 56.5 Å². The number of aryl methyl sites for hydroxylation is 2. The van der Waals surface area contributed by atoms with Crippen molar-refractivity contribution in [3.63, 3.8) is 0 Å². The first-order valence-corrected chi connectivity index (χ1v) is 16.4. The molecular formula is C23H30Br2ClNO6S2. The number of aliphatic hydroxyl groups is 2. The molecule has 0 unspecified atom stereocenters. The van der Waals surface area contributed by atoms with Crippen molar-refractivity contribution in [2.24, 2.45) is 0 Å². The Morgan fingerprint density at radius 2 is 1.29 bits per heavy atom. The summed E-state index contributed by atoms with van der Waals surface area (Å²) >= 11 is 6.48. The average molecular weight is 676 g/mol. The number of sulfonamides is 1. The lowest BCUT2D eigenvalue weighted by atomic mass is 10.2. The Kier molecular flexibility index (Phi) is 11.7. The maximum Gasteiger partial charge on any atom is 0.261 e. The molecule has 2 aromatic carbocycles. The van der Waals surface area contributed by atoms with Crippen LogP contribution in [0, 0.1) is 13.8 Å². The molecule has 1 heterocycles. The van der Waals surface area contributed by atoms with E-state index in [1.807, 2.05) is 19.1 Å². The van der Waals surface area contributed by atoms with Crippen molar-refractivity contribution in [1.82, 2.24) is 4.31 Å². The molecule has 7 nitrogen and oxygen atoms in total. The smallest absolute Gasteiger partial charge is 0.261 e. The Bertz CT molecular complexity index is 1180. The molecule has 0 amide bonds. The van der Waals surface area contributed by atoms with Crippen LogP contribution in [0.1, 0.15) is 43.2 Å². The average Bonchev–Trinajstić information content (AvgIpc) is 3.38. The van der Waals surface area contributed by atoms with Gasteiger partial charge in [-0.15, -0.1) is 0 Å². The van der Waals surface area contributed by atoms with Crippen molar-refractivity contribution in [3.8, 4) is 0 Å². The van der Waals surface area contributed by atoms with Gasteiger partial charge in [-0.25, -0.2) is 16.8 Å². The second kappa shape index (κ2) is 13.3. The fraction of sp³-hybridized carbons (Fsp3) is 0.478. The molecule has 1 atom stereocenters. The highest BCUT2D eigenvalue weighted by atomic mass is 79.9. The lowest BCUT2D eigenvalue weighted by Crippen LogP contribution is -2.29. The van der Waals surface area contributed by atoms with E-state index < -0.39 is 25.2 Å². The molecule has 0 bridgehead atoms. The summed E-state index contributed by atoms with van der Waals surface area (Å²) in [6, 6.07) is 9.89. The summed E-state index contributed by atoms with van der Waals surface area (Å²) in [6.07, 6.45) is 4.57. The summed E-state index contributed by atoms with van der Waals surface area (Å²) in [4.78, 5) is 0.398. The van der Waals surface area contributed by atoms with Crippen LogP contribution in [0.25, 0.3) is 0 Å². The van der Waals surface area contributed by atoms with Gasteiger partial charge in [-0.1, -0.05) is 44.7 Å². The van der Waals surface area contributed by atoms with Crippen LogP contribution in [0.5, 0.6) is 0 Å². The van der Waals surface area contributed by atoms with E-state index in [2.05, 4.69) is 31.9 Å². The summed E-state index contributed by atoms with van der Waals surface area (Å²) in [7, 11) is -1.93. The zero-order valence-corrected chi connectivity index (χ0v) is 25.1. The van der Waals surface area contributed by atoms with Gasteiger partial charge in [0.1, 0.15) is 0 Å². The van der Waals surface area contributed by atoms with Gasteiger partial charge < -0.3 is 10.2 Å². The summed E-state index contributed by atoms with van der Waals surface area (Å²) < 4.78 is 49.1. The standard InChI is InChI=1S/C11H14BrNO3S.C7H6BrClO2S.C5H10O/c1-8-4-9(12)6-11(5-8)17(15,16)13-3-2-10(14)7-13;1-5-2-6(8)4-7(3-5)12(9,10)11;6-5-3-1-2-4-5/h4-6,10,14H,2-3,7H2,1H3;2-4H,1H3;5-6H,1-4H2/t10-;;/m1../s1. The van der Waals surface area contributed by atoms with E-state index in [0.29, 0.717) is 17.4 Å². The van der Waals surface area contributed by atoms with E-state index in [1.54, 1.807) is 19.1 Å². The number of nitrogens with zero attached hydrogens (tertiary/aromatic N) is 1. The Hall–Kier alpha value is -0.530. The van der Waals surface area contributed by atoms with Gasteiger partial charge in [0.25, 0.3) is 9.05 Å². The van der Waals surface area contributed by atoms with Gasteiger partial charge in [0.15, 0.2) is 0 Å². The van der Waals surface area contributed by atoms with E-state index in [0.717, 1.165) is 28.4 Å². The van der Waals surface area contributed by atoms with Crippen LogP contribution < -0.4 is 0 Å². The molecule has 0 aromatic heterocycles. The predicted molar refractivity (Wildman–Crippen MR) is 145 cm³/mol. The third-order valence-electron chi connectivity index (χ3n) is 5.40. The third kappa shape index (κ3) is 10.0. The Morgan fingerprint density at radius 3 is 1.66 bits per heavy atom. The molecule has 1 aliphatic carbocycles. The van der Waals surface area contributed by atoms with Crippen LogP contribution in [0.4, 0.5) is 0 Å². The minimum atomic E-state index is -3.61. The molecule has 1 saturated heterocycles. The van der Waals surface area contributed by atoms with E-state index in [-0.39, 0.29) is 22.4 Å². The molecular weight excluding hydrogens is 646 g/mol. The van der Waals surface area contributed by atoms with Gasteiger partial charge in [-0.2, -0.15) is 4.31 Å². The number of hydrogen-bond acceptors (Lipinski definition) is 6. The van der Waals surface area contributed by atoms with Crippen molar-refractivity contribution in [2.45, 2.75) is 68.0 Å². The van der Waals surface area contributed by atoms with Gasteiger partial charge in [0, 0.05) is 32.7 Å². The lowest BCUT2D eigenvalue weighted by Gasteiger charge is -2.16. The highest BCUT2D eigenvalue weighted by Crippen LogP contribution is 2.25. The summed E-state index contributed by atoms with van der Waals surface area (Å²) in [5.41, 5.74) is 1.74. The largest absolute Gasteiger partial charge is 0.393 e. The Morgan fingerprint density at radius 1 is 0.800 bits per heavy atom. The first-order valence-electron chi connectivity index (χ1n) is 11.0. The quantitative estimate of drug-likeness (QED) is 0.437. The maximum absolute atomic E-state index is 12.3. The highest BCUT2D eigenvalue weighted by molar-refractivity contribution is 9.10. The second-order valence-electron chi connectivity index (χ2n) is 8.61. The van der Waals surface area contributed by atoms with Crippen LogP contribution in [0.15, 0.2) is 55.1 Å². The molecule has 2 aromatic rings. The van der Waals surface area contributed by atoms with E-state index in [1.165, 1.54) is 29.3 Å². The van der Waals surface area contributed by atoms with Crippen molar-refractivity contribution >= 4 is 61.6 Å². The molecule has 12 heteroatoms. The molecule has 2 aliphatic rings. The first kappa shape index (κ1) is 30.7. The van der Waals surface area contributed by atoms with E-state index >= 15 is 0 Å². The van der Waals surface area contributed by atoms with Crippen LogP contribution >= 0.6 is 42.5 Å². The first-order chi connectivity index (χ1) is 16.2. The third-order valence-corrected chi connectivity index (χ3v) is 9.49. The highest BCUT2D eigenvalue weighted by Gasteiger charge is 2.31. The topological polar surface area (TPSA) is 112 Å². The Balaban J connectivity index is 0.000000207. The molecule has 1 saturated carbocycles. The summed E-state index contributed by atoms with van der Waals surface area (Å²) in [6.45, 7) is 4.22. The van der Waals surface area contributed by atoms with Crippen molar-refractivity contribution in [2.75, 3.05) is 13.1 Å². The van der Waals surface area contributed by atoms with E-state index in [9.17, 15) is 21.9 Å². The molecule has 2 fully saturated rings. The molecule has 196 valence electrons. The van der Waals surface area contributed by atoms with Crippen molar-refractivity contribution < 1.29 is 27.0 Å². The molecule has 1 aliphatic heterocycles. The van der Waals surface area contributed by atoms with Gasteiger partial charge >= 0.3 is 0 Å². The van der Waals surface area contributed by atoms with E-state index in [4.69, 9.17) is 15.8 Å². The van der Waals surface area contributed by atoms with Gasteiger partial charge in [-0.05, 0) is 80.6 Å². The number of halogens is 3. The molecule has 4 rings (SSSR count). The molecule has 0 radical (unpaired) electrons. The van der Waals surface area contributed by atoms with Gasteiger partial charge in [0.2, 0.25) is 10.0 Å². The fourth-order valence-corrected chi connectivity index (χ4v) is 7.68. The predicted octanol–water partition coefficient (Wildman–Crippen LogP) is 5.12. The molecule has 0 spiro atoms. The minimum absolute atomic E-state index is 0.0463. The maximum atomic E-state index is 12.3. The second-order valence-corrected chi connectivity index (χ2v) is 14.9. The number of rotatable bonds is 3. The van der Waals surface area contributed by atoms with Crippen molar-refractivity contribution in [1.29, 1.82) is 0 Å². The van der Waals surface area contributed by atoms with Crippen LogP contribution in [-0.2, 0) is 19.1 Å². The lowest BCUT2D eigenvalue weighted by molar-refractivity contribution is 0.183. The zero-order valence-electron chi connectivity index (χ0n) is 19.5. The minimum Gasteiger partial charge on any atom is -0.393 e. The van der Waals surface area contributed by atoms with Gasteiger partial charge in [0.05, 0.1) is 22.0 Å². The molecule has 2 N–H and O–H groups in total. The van der Waals surface area contributed by atoms with Crippen LogP contribution in [0.3, 0.4) is 0 Å².